The molecular formula is C12H7NO3. The summed E-state index contributed by atoms with van der Waals surface area (Å²) in [4.78, 5) is 14.5. The molecule has 1 aromatic heterocycles. The number of hydrogen-bond donors (Lipinski definition) is 1. The number of benzene rings is 1. The summed E-state index contributed by atoms with van der Waals surface area (Å²) in [5.74, 6) is 4.82. The van der Waals surface area contributed by atoms with Crippen LogP contribution in [0.4, 0.5) is 0 Å². The van der Waals surface area contributed by atoms with Crippen molar-refractivity contribution in [1.82, 2.24) is 4.98 Å². The molecule has 1 aromatic carbocycles. The third-order valence-corrected chi connectivity index (χ3v) is 1.75. The highest BCUT2D eigenvalue weighted by Crippen LogP contribution is 2.00. The number of aromatic hydroxyl groups is 1. The molecule has 2 aromatic rings. The van der Waals surface area contributed by atoms with Gasteiger partial charge in [-0.2, -0.15) is 4.98 Å². The molecule has 4 nitrogen and oxygen atoms in total. The van der Waals surface area contributed by atoms with Gasteiger partial charge in [0.25, 0.3) is 5.89 Å². The lowest BCUT2D eigenvalue weighted by Gasteiger charge is -1.89. The molecular weight excluding hydrogens is 206 g/mol. The number of hydrogen-bond acceptors (Lipinski definition) is 4. The molecule has 0 saturated carbocycles. The molecule has 1 N–H and O–H groups in total. The molecule has 0 atom stereocenters. The lowest BCUT2D eigenvalue weighted by molar-refractivity contribution is 0.408. The van der Waals surface area contributed by atoms with Gasteiger partial charge in [-0.15, -0.1) is 0 Å². The molecule has 0 aliphatic rings. The SMILES string of the molecule is O=c1cc(O)nc(C#Cc2ccccc2)o1. The summed E-state index contributed by atoms with van der Waals surface area (Å²) in [6.07, 6.45) is 0. The van der Waals surface area contributed by atoms with Crippen LogP contribution < -0.4 is 5.63 Å². The molecule has 0 amide bonds. The van der Waals surface area contributed by atoms with Gasteiger partial charge in [0.1, 0.15) is 0 Å². The first kappa shape index (κ1) is 9.99. The average molecular weight is 213 g/mol. The Kier molecular flexibility index (Phi) is 2.70. The molecule has 4 heteroatoms. The van der Waals surface area contributed by atoms with Gasteiger partial charge in [0, 0.05) is 5.56 Å². The van der Waals surface area contributed by atoms with E-state index in [0.717, 1.165) is 11.6 Å². The first-order chi connectivity index (χ1) is 7.74. The van der Waals surface area contributed by atoms with Crippen molar-refractivity contribution >= 4 is 0 Å². The summed E-state index contributed by atoms with van der Waals surface area (Å²) >= 11 is 0. The summed E-state index contributed by atoms with van der Waals surface area (Å²) in [5, 5.41) is 9.05. The minimum atomic E-state index is -0.676. The van der Waals surface area contributed by atoms with Crippen molar-refractivity contribution in [2.75, 3.05) is 0 Å². The largest absolute Gasteiger partial charge is 0.493 e. The van der Waals surface area contributed by atoms with Crippen molar-refractivity contribution < 1.29 is 9.52 Å². The Morgan fingerprint density at radius 3 is 2.62 bits per heavy atom. The van der Waals surface area contributed by atoms with E-state index < -0.39 is 11.5 Å². The standard InChI is InChI=1S/C12H7NO3/c14-10-8-12(15)16-11(13-10)7-6-9-4-2-1-3-5-9/h1-5,8,14H. The second-order valence-electron chi connectivity index (χ2n) is 2.96. The molecule has 0 spiro atoms. The van der Waals surface area contributed by atoms with E-state index in [1.54, 1.807) is 0 Å². The van der Waals surface area contributed by atoms with E-state index >= 15 is 0 Å². The van der Waals surface area contributed by atoms with Crippen molar-refractivity contribution in [2.24, 2.45) is 0 Å². The van der Waals surface area contributed by atoms with E-state index in [9.17, 15) is 4.79 Å². The molecule has 0 bridgehead atoms. The maximum Gasteiger partial charge on any atom is 0.343 e. The second-order valence-corrected chi connectivity index (χ2v) is 2.96. The Hall–Kier alpha value is -2.54. The topological polar surface area (TPSA) is 63.3 Å². The van der Waals surface area contributed by atoms with Gasteiger partial charge in [-0.05, 0) is 18.1 Å². The van der Waals surface area contributed by atoms with Crippen LogP contribution in [-0.2, 0) is 0 Å². The van der Waals surface area contributed by atoms with Crippen molar-refractivity contribution in [3.8, 4) is 17.7 Å². The zero-order chi connectivity index (χ0) is 11.4. The summed E-state index contributed by atoms with van der Waals surface area (Å²) in [7, 11) is 0. The first-order valence-corrected chi connectivity index (χ1v) is 4.52. The fraction of sp³-hybridized carbons (Fsp3) is 0. The summed E-state index contributed by atoms with van der Waals surface area (Å²) in [5.41, 5.74) is 0.0974. The molecule has 0 saturated heterocycles. The lowest BCUT2D eigenvalue weighted by Crippen LogP contribution is -1.99. The first-order valence-electron chi connectivity index (χ1n) is 4.52. The summed E-state index contributed by atoms with van der Waals surface area (Å²) in [6, 6.07) is 10.1. The molecule has 0 aliphatic heterocycles. The Morgan fingerprint density at radius 1 is 1.19 bits per heavy atom. The Labute approximate surface area is 91.2 Å². The highest BCUT2D eigenvalue weighted by Gasteiger charge is 1.97. The van der Waals surface area contributed by atoms with Crippen LogP contribution in [0, 0.1) is 11.8 Å². The zero-order valence-corrected chi connectivity index (χ0v) is 8.18. The van der Waals surface area contributed by atoms with E-state index in [2.05, 4.69) is 21.2 Å². The quantitative estimate of drug-likeness (QED) is 0.666. The van der Waals surface area contributed by atoms with Gasteiger partial charge in [-0.1, -0.05) is 24.1 Å². The minimum Gasteiger partial charge on any atom is -0.493 e. The van der Waals surface area contributed by atoms with Gasteiger partial charge in [-0.25, -0.2) is 4.79 Å². The molecule has 0 fully saturated rings. The van der Waals surface area contributed by atoms with E-state index in [0.29, 0.717) is 0 Å². The summed E-state index contributed by atoms with van der Waals surface area (Å²) in [6.45, 7) is 0. The fourth-order valence-corrected chi connectivity index (χ4v) is 1.09. The summed E-state index contributed by atoms with van der Waals surface area (Å²) < 4.78 is 4.68. The smallest absolute Gasteiger partial charge is 0.343 e. The normalized spacial score (nSPS) is 9.25. The predicted molar refractivity (Wildman–Crippen MR) is 56.9 cm³/mol. The maximum atomic E-state index is 10.9. The van der Waals surface area contributed by atoms with Crippen LogP contribution in [-0.4, -0.2) is 10.1 Å². The van der Waals surface area contributed by atoms with Crippen LogP contribution in [0.5, 0.6) is 5.88 Å². The second kappa shape index (κ2) is 4.32. The van der Waals surface area contributed by atoms with Gasteiger partial charge in [0.05, 0.1) is 6.07 Å². The zero-order valence-electron chi connectivity index (χ0n) is 8.18. The molecule has 2 rings (SSSR count). The fourth-order valence-electron chi connectivity index (χ4n) is 1.09. The van der Waals surface area contributed by atoms with Gasteiger partial charge >= 0.3 is 5.63 Å². The third kappa shape index (κ3) is 2.49. The van der Waals surface area contributed by atoms with E-state index in [4.69, 9.17) is 5.11 Å². The van der Waals surface area contributed by atoms with Gasteiger partial charge in [0.2, 0.25) is 5.88 Å². The van der Waals surface area contributed by atoms with Crippen LogP contribution in [0.15, 0.2) is 45.6 Å². The van der Waals surface area contributed by atoms with Gasteiger partial charge in [0.15, 0.2) is 0 Å². The van der Waals surface area contributed by atoms with Crippen molar-refractivity contribution in [3.63, 3.8) is 0 Å². The van der Waals surface area contributed by atoms with E-state index in [1.807, 2.05) is 30.3 Å². The van der Waals surface area contributed by atoms with Crippen molar-refractivity contribution in [3.05, 3.63) is 58.3 Å². The Balaban J connectivity index is 2.35. The van der Waals surface area contributed by atoms with Crippen LogP contribution in [0.3, 0.4) is 0 Å². The Bertz CT molecular complexity index is 605. The van der Waals surface area contributed by atoms with Gasteiger partial charge in [-0.3, -0.25) is 0 Å². The molecule has 0 radical (unpaired) electrons. The van der Waals surface area contributed by atoms with Crippen LogP contribution in [0.2, 0.25) is 0 Å². The maximum absolute atomic E-state index is 10.9. The monoisotopic (exact) mass is 213 g/mol. The highest BCUT2D eigenvalue weighted by molar-refractivity contribution is 5.37. The molecule has 78 valence electrons. The molecule has 0 unspecified atom stereocenters. The average Bonchev–Trinajstić information content (AvgIpc) is 2.27. The molecule has 0 aliphatic carbocycles. The molecule has 1 heterocycles. The predicted octanol–water partition coefficient (Wildman–Crippen LogP) is 1.14. The number of nitrogens with zero attached hydrogens (tertiary/aromatic N) is 1. The van der Waals surface area contributed by atoms with Crippen LogP contribution in [0.25, 0.3) is 0 Å². The van der Waals surface area contributed by atoms with Crippen LogP contribution >= 0.6 is 0 Å². The molecule has 16 heavy (non-hydrogen) atoms. The lowest BCUT2D eigenvalue weighted by atomic mass is 10.2. The van der Waals surface area contributed by atoms with E-state index in [-0.39, 0.29) is 5.89 Å². The van der Waals surface area contributed by atoms with E-state index in [1.165, 1.54) is 0 Å². The number of aromatic nitrogens is 1. The van der Waals surface area contributed by atoms with Gasteiger partial charge < -0.3 is 9.52 Å². The third-order valence-electron chi connectivity index (χ3n) is 1.75. The Morgan fingerprint density at radius 2 is 1.94 bits per heavy atom. The highest BCUT2D eigenvalue weighted by atomic mass is 16.4. The minimum absolute atomic E-state index is 0.103. The number of rotatable bonds is 0. The van der Waals surface area contributed by atoms with Crippen LogP contribution in [0.1, 0.15) is 11.5 Å². The van der Waals surface area contributed by atoms with Crippen molar-refractivity contribution in [1.29, 1.82) is 0 Å². The van der Waals surface area contributed by atoms with Crippen molar-refractivity contribution in [2.45, 2.75) is 0 Å².